The Balaban J connectivity index is 1.89. The van der Waals surface area contributed by atoms with Crippen molar-refractivity contribution >= 4 is 5.78 Å². The van der Waals surface area contributed by atoms with Crippen LogP contribution in [0.25, 0.3) is 0 Å². The summed E-state index contributed by atoms with van der Waals surface area (Å²) in [4.78, 5) is 15.8. The van der Waals surface area contributed by atoms with E-state index >= 15 is 0 Å². The van der Waals surface area contributed by atoms with E-state index < -0.39 is 0 Å². The van der Waals surface area contributed by atoms with Crippen LogP contribution in [0.4, 0.5) is 0 Å². The van der Waals surface area contributed by atoms with E-state index in [4.69, 9.17) is 5.73 Å². The Labute approximate surface area is 96.1 Å². The Hall–Kier alpha value is -1.22. The maximum atomic E-state index is 11.9. The second-order valence-electron chi connectivity index (χ2n) is 4.82. The zero-order valence-electron chi connectivity index (χ0n) is 9.48. The smallest absolute Gasteiger partial charge is 0.139 e. The standard InChI is InChI=1S/C13H18N2O/c14-13(5-1-2-6-13)10-12(16)9-11-3-7-15-8-4-11/h3-4,7-8H,1-2,5-6,9-10,14H2. The highest BCUT2D eigenvalue weighted by Gasteiger charge is 2.31. The molecule has 0 spiro atoms. The normalized spacial score (nSPS) is 18.6. The van der Waals surface area contributed by atoms with Gasteiger partial charge in [0.25, 0.3) is 0 Å². The molecule has 0 saturated heterocycles. The van der Waals surface area contributed by atoms with Crippen molar-refractivity contribution in [1.82, 2.24) is 4.98 Å². The number of nitrogens with zero attached hydrogens (tertiary/aromatic N) is 1. The van der Waals surface area contributed by atoms with E-state index in [9.17, 15) is 4.79 Å². The lowest BCUT2D eigenvalue weighted by atomic mass is 9.90. The number of rotatable bonds is 4. The molecule has 0 unspecified atom stereocenters. The summed E-state index contributed by atoms with van der Waals surface area (Å²) in [6.45, 7) is 0. The van der Waals surface area contributed by atoms with Crippen molar-refractivity contribution in [1.29, 1.82) is 0 Å². The number of hydrogen-bond donors (Lipinski definition) is 1. The predicted octanol–water partition coefficient (Wildman–Crippen LogP) is 1.85. The fraction of sp³-hybridized carbons (Fsp3) is 0.538. The van der Waals surface area contributed by atoms with Gasteiger partial charge in [0.1, 0.15) is 5.78 Å². The summed E-state index contributed by atoms with van der Waals surface area (Å²) in [5, 5.41) is 0. The Morgan fingerprint density at radius 2 is 1.94 bits per heavy atom. The van der Waals surface area contributed by atoms with Crippen molar-refractivity contribution in [3.8, 4) is 0 Å². The van der Waals surface area contributed by atoms with Crippen LogP contribution in [0.3, 0.4) is 0 Å². The molecule has 0 aromatic carbocycles. The fourth-order valence-corrected chi connectivity index (χ4v) is 2.44. The lowest BCUT2D eigenvalue weighted by molar-refractivity contribution is -0.119. The molecule has 0 atom stereocenters. The van der Waals surface area contributed by atoms with Gasteiger partial charge >= 0.3 is 0 Å². The summed E-state index contributed by atoms with van der Waals surface area (Å²) < 4.78 is 0. The molecule has 1 saturated carbocycles. The van der Waals surface area contributed by atoms with Crippen LogP contribution in [0.5, 0.6) is 0 Å². The van der Waals surface area contributed by atoms with Gasteiger partial charge in [0.05, 0.1) is 0 Å². The topological polar surface area (TPSA) is 56.0 Å². The highest BCUT2D eigenvalue weighted by atomic mass is 16.1. The molecule has 1 aliphatic carbocycles. The fourth-order valence-electron chi connectivity index (χ4n) is 2.44. The quantitative estimate of drug-likeness (QED) is 0.839. The van der Waals surface area contributed by atoms with Gasteiger partial charge in [-0.2, -0.15) is 0 Å². The summed E-state index contributed by atoms with van der Waals surface area (Å²) in [5.74, 6) is 0.246. The average Bonchev–Trinajstić information content (AvgIpc) is 2.66. The first kappa shape index (κ1) is 11.3. The zero-order valence-corrected chi connectivity index (χ0v) is 9.48. The highest BCUT2D eigenvalue weighted by Crippen LogP contribution is 2.30. The molecule has 3 heteroatoms. The van der Waals surface area contributed by atoms with Gasteiger partial charge in [0.15, 0.2) is 0 Å². The summed E-state index contributed by atoms with van der Waals surface area (Å²) >= 11 is 0. The van der Waals surface area contributed by atoms with E-state index in [0.717, 1.165) is 18.4 Å². The van der Waals surface area contributed by atoms with Gasteiger partial charge < -0.3 is 5.73 Å². The van der Waals surface area contributed by atoms with Gasteiger partial charge in [-0.05, 0) is 30.5 Å². The minimum atomic E-state index is -0.218. The predicted molar refractivity (Wildman–Crippen MR) is 63.0 cm³/mol. The molecule has 2 N–H and O–H groups in total. The molecule has 3 nitrogen and oxygen atoms in total. The van der Waals surface area contributed by atoms with E-state index in [2.05, 4.69) is 4.98 Å². The number of ketones is 1. The van der Waals surface area contributed by atoms with Gasteiger partial charge in [-0.25, -0.2) is 0 Å². The van der Waals surface area contributed by atoms with Crippen LogP contribution in [0.15, 0.2) is 24.5 Å². The molecular formula is C13H18N2O. The number of hydrogen-bond acceptors (Lipinski definition) is 3. The van der Waals surface area contributed by atoms with Gasteiger partial charge in [-0.15, -0.1) is 0 Å². The molecule has 1 aromatic heterocycles. The van der Waals surface area contributed by atoms with Gasteiger partial charge in [0.2, 0.25) is 0 Å². The Bertz CT molecular complexity index is 355. The molecule has 0 radical (unpaired) electrons. The molecule has 0 bridgehead atoms. The first-order chi connectivity index (χ1) is 7.68. The number of carbonyl (C=O) groups excluding carboxylic acids is 1. The summed E-state index contributed by atoms with van der Waals surface area (Å²) in [6, 6.07) is 3.77. The molecule has 86 valence electrons. The highest BCUT2D eigenvalue weighted by molar-refractivity contribution is 5.82. The lowest BCUT2D eigenvalue weighted by Gasteiger charge is -2.22. The van der Waals surface area contributed by atoms with Crippen molar-refractivity contribution in [2.45, 2.75) is 44.1 Å². The van der Waals surface area contributed by atoms with E-state index in [1.165, 1.54) is 12.8 Å². The van der Waals surface area contributed by atoms with Crippen molar-refractivity contribution in [3.63, 3.8) is 0 Å². The van der Waals surface area contributed by atoms with E-state index in [1.807, 2.05) is 12.1 Å². The number of carbonyl (C=O) groups is 1. The number of nitrogens with two attached hydrogens (primary N) is 1. The number of pyridine rings is 1. The number of aromatic nitrogens is 1. The molecule has 0 aliphatic heterocycles. The maximum absolute atomic E-state index is 11.9. The molecule has 0 amide bonds. The molecular weight excluding hydrogens is 200 g/mol. The lowest BCUT2D eigenvalue weighted by Crippen LogP contribution is -2.39. The second kappa shape index (κ2) is 4.74. The minimum absolute atomic E-state index is 0.218. The van der Waals surface area contributed by atoms with Crippen LogP contribution in [-0.4, -0.2) is 16.3 Å². The molecule has 1 aromatic rings. The van der Waals surface area contributed by atoms with E-state index in [1.54, 1.807) is 12.4 Å². The van der Waals surface area contributed by atoms with Crippen molar-refractivity contribution in [2.24, 2.45) is 5.73 Å². The Morgan fingerprint density at radius 1 is 1.31 bits per heavy atom. The van der Waals surface area contributed by atoms with E-state index in [-0.39, 0.29) is 11.3 Å². The third-order valence-electron chi connectivity index (χ3n) is 3.30. The monoisotopic (exact) mass is 218 g/mol. The Kier molecular flexibility index (Phi) is 3.34. The summed E-state index contributed by atoms with van der Waals surface area (Å²) in [7, 11) is 0. The second-order valence-corrected chi connectivity index (χ2v) is 4.82. The van der Waals surface area contributed by atoms with Gasteiger partial charge in [0, 0.05) is 30.8 Å². The van der Waals surface area contributed by atoms with Crippen LogP contribution in [0.2, 0.25) is 0 Å². The third-order valence-corrected chi connectivity index (χ3v) is 3.30. The minimum Gasteiger partial charge on any atom is -0.325 e. The summed E-state index contributed by atoms with van der Waals surface area (Å²) in [5.41, 5.74) is 6.99. The molecule has 1 aliphatic rings. The van der Waals surface area contributed by atoms with Crippen LogP contribution in [0, 0.1) is 0 Å². The first-order valence-electron chi connectivity index (χ1n) is 5.87. The SMILES string of the molecule is NC1(CC(=O)Cc2ccncc2)CCCC1. The van der Waals surface area contributed by atoms with Crippen molar-refractivity contribution in [3.05, 3.63) is 30.1 Å². The third kappa shape index (κ3) is 2.89. The van der Waals surface area contributed by atoms with Gasteiger partial charge in [-0.3, -0.25) is 9.78 Å². The van der Waals surface area contributed by atoms with Crippen LogP contribution < -0.4 is 5.73 Å². The van der Waals surface area contributed by atoms with E-state index in [0.29, 0.717) is 12.8 Å². The molecule has 1 fully saturated rings. The van der Waals surface area contributed by atoms with Crippen LogP contribution in [0.1, 0.15) is 37.7 Å². The zero-order chi connectivity index (χ0) is 11.4. The molecule has 16 heavy (non-hydrogen) atoms. The average molecular weight is 218 g/mol. The van der Waals surface area contributed by atoms with Crippen molar-refractivity contribution < 1.29 is 4.79 Å². The van der Waals surface area contributed by atoms with Crippen molar-refractivity contribution in [2.75, 3.05) is 0 Å². The molecule has 2 rings (SSSR count). The van der Waals surface area contributed by atoms with Crippen LogP contribution >= 0.6 is 0 Å². The van der Waals surface area contributed by atoms with Gasteiger partial charge in [-0.1, -0.05) is 12.8 Å². The van der Waals surface area contributed by atoms with Crippen LogP contribution in [-0.2, 0) is 11.2 Å². The Morgan fingerprint density at radius 3 is 2.56 bits per heavy atom. The largest absolute Gasteiger partial charge is 0.325 e. The maximum Gasteiger partial charge on any atom is 0.139 e. The summed E-state index contributed by atoms with van der Waals surface area (Å²) in [6.07, 6.45) is 8.77. The first-order valence-corrected chi connectivity index (χ1v) is 5.87. The molecule has 1 heterocycles. The number of Topliss-reactive ketones (excluding diaryl/α,β-unsaturated/α-hetero) is 1.